The van der Waals surface area contributed by atoms with Crippen LogP contribution in [0.2, 0.25) is 5.02 Å². The highest BCUT2D eigenvalue weighted by Gasteiger charge is 2.25. The van der Waals surface area contributed by atoms with Gasteiger partial charge in [0, 0.05) is 29.3 Å². The van der Waals surface area contributed by atoms with Crippen molar-refractivity contribution in [3.8, 4) is 5.75 Å². The fraction of sp³-hybridized carbons (Fsp3) is 0.571. The molecule has 1 unspecified atom stereocenters. The van der Waals surface area contributed by atoms with Crippen LogP contribution in [0, 0.1) is 0 Å². The summed E-state index contributed by atoms with van der Waals surface area (Å²) in [6.45, 7) is 3.42. The van der Waals surface area contributed by atoms with Crippen LogP contribution in [-0.4, -0.2) is 33.6 Å². The SMILES string of the molecule is CCCNC(CS(C)(=O)=O)c1cc(Cl)cc2c1OCC2. The van der Waals surface area contributed by atoms with Gasteiger partial charge >= 0.3 is 0 Å². The highest BCUT2D eigenvalue weighted by atomic mass is 35.5. The van der Waals surface area contributed by atoms with E-state index in [2.05, 4.69) is 5.32 Å². The number of halogens is 1. The van der Waals surface area contributed by atoms with Crippen LogP contribution in [0.25, 0.3) is 0 Å². The molecule has 0 radical (unpaired) electrons. The summed E-state index contributed by atoms with van der Waals surface area (Å²) in [5.41, 5.74) is 1.91. The fourth-order valence-corrected chi connectivity index (χ4v) is 3.59. The molecule has 1 aromatic rings. The predicted octanol–water partition coefficient (Wildman–Crippen LogP) is 2.36. The third-order valence-electron chi connectivity index (χ3n) is 3.26. The predicted molar refractivity (Wildman–Crippen MR) is 81.4 cm³/mol. The normalized spacial score (nSPS) is 15.8. The van der Waals surface area contributed by atoms with Gasteiger partial charge in [-0.25, -0.2) is 8.42 Å². The lowest BCUT2D eigenvalue weighted by atomic mass is 10.0. The van der Waals surface area contributed by atoms with Gasteiger partial charge in [-0.3, -0.25) is 0 Å². The first-order chi connectivity index (χ1) is 9.40. The van der Waals surface area contributed by atoms with E-state index in [0.29, 0.717) is 11.6 Å². The molecule has 0 aliphatic carbocycles. The lowest BCUT2D eigenvalue weighted by molar-refractivity contribution is 0.349. The molecule has 1 heterocycles. The molecule has 1 N–H and O–H groups in total. The van der Waals surface area contributed by atoms with Crippen molar-refractivity contribution in [2.75, 3.05) is 25.2 Å². The van der Waals surface area contributed by atoms with E-state index < -0.39 is 9.84 Å². The van der Waals surface area contributed by atoms with E-state index in [1.54, 1.807) is 0 Å². The first-order valence-corrected chi connectivity index (χ1v) is 9.21. The average molecular weight is 318 g/mol. The zero-order chi connectivity index (χ0) is 14.8. The summed E-state index contributed by atoms with van der Waals surface area (Å²) in [5.74, 6) is 0.843. The Balaban J connectivity index is 2.37. The minimum absolute atomic E-state index is 0.0448. The molecular weight excluding hydrogens is 298 g/mol. The van der Waals surface area contributed by atoms with Crippen molar-refractivity contribution in [2.24, 2.45) is 0 Å². The molecular formula is C14H20ClNO3S. The minimum atomic E-state index is -3.09. The molecule has 6 heteroatoms. The first-order valence-electron chi connectivity index (χ1n) is 6.77. The molecule has 0 spiro atoms. The Kier molecular flexibility index (Phi) is 4.94. The molecule has 1 aliphatic heterocycles. The third-order valence-corrected chi connectivity index (χ3v) is 4.42. The van der Waals surface area contributed by atoms with Crippen LogP contribution >= 0.6 is 11.6 Å². The molecule has 1 atom stereocenters. The number of hydrogen-bond acceptors (Lipinski definition) is 4. The Morgan fingerprint density at radius 2 is 2.20 bits per heavy atom. The van der Waals surface area contributed by atoms with Crippen molar-refractivity contribution < 1.29 is 13.2 Å². The molecule has 112 valence electrons. The molecule has 20 heavy (non-hydrogen) atoms. The second-order valence-corrected chi connectivity index (χ2v) is 7.80. The van der Waals surface area contributed by atoms with Crippen LogP contribution in [0.15, 0.2) is 12.1 Å². The Morgan fingerprint density at radius 1 is 1.45 bits per heavy atom. The summed E-state index contributed by atoms with van der Waals surface area (Å²) in [7, 11) is -3.09. The van der Waals surface area contributed by atoms with Crippen LogP contribution in [0.5, 0.6) is 5.75 Å². The smallest absolute Gasteiger partial charge is 0.149 e. The highest BCUT2D eigenvalue weighted by Crippen LogP contribution is 2.36. The molecule has 4 nitrogen and oxygen atoms in total. The number of sulfone groups is 1. The number of fused-ring (bicyclic) bond motifs is 1. The van der Waals surface area contributed by atoms with Crippen LogP contribution in [0.4, 0.5) is 0 Å². The second kappa shape index (κ2) is 6.33. The largest absolute Gasteiger partial charge is 0.493 e. The third kappa shape index (κ3) is 3.87. The van der Waals surface area contributed by atoms with Crippen molar-refractivity contribution in [2.45, 2.75) is 25.8 Å². The van der Waals surface area contributed by atoms with Crippen molar-refractivity contribution in [3.05, 3.63) is 28.3 Å². The van der Waals surface area contributed by atoms with E-state index in [9.17, 15) is 8.42 Å². The number of rotatable bonds is 6. The Morgan fingerprint density at radius 3 is 2.85 bits per heavy atom. The first kappa shape index (κ1) is 15.6. The van der Waals surface area contributed by atoms with Gasteiger partial charge in [0.1, 0.15) is 15.6 Å². The topological polar surface area (TPSA) is 55.4 Å². The van der Waals surface area contributed by atoms with Gasteiger partial charge in [0.2, 0.25) is 0 Å². The van der Waals surface area contributed by atoms with Gasteiger partial charge in [-0.1, -0.05) is 18.5 Å². The highest BCUT2D eigenvalue weighted by molar-refractivity contribution is 7.90. The average Bonchev–Trinajstić information content (AvgIpc) is 2.80. The van der Waals surface area contributed by atoms with Crippen molar-refractivity contribution in [1.29, 1.82) is 0 Å². The standard InChI is InChI=1S/C14H20ClNO3S/c1-3-5-16-13(9-20(2,17)18)12-8-11(15)7-10-4-6-19-14(10)12/h7-8,13,16H,3-6,9H2,1-2H3. The molecule has 0 fully saturated rings. The Hall–Kier alpha value is -0.780. The van der Waals surface area contributed by atoms with Gasteiger partial charge in [-0.15, -0.1) is 0 Å². The summed E-state index contributed by atoms with van der Waals surface area (Å²) >= 11 is 6.15. The Labute approximate surface area is 125 Å². The Bertz CT molecular complexity index is 586. The van der Waals surface area contributed by atoms with Gasteiger partial charge in [-0.05, 0) is 30.7 Å². The van der Waals surface area contributed by atoms with Crippen molar-refractivity contribution in [1.82, 2.24) is 5.32 Å². The molecule has 0 saturated carbocycles. The lowest BCUT2D eigenvalue weighted by Gasteiger charge is -2.20. The van der Waals surface area contributed by atoms with E-state index >= 15 is 0 Å². The number of benzene rings is 1. The number of ether oxygens (including phenoxy) is 1. The van der Waals surface area contributed by atoms with Crippen molar-refractivity contribution in [3.63, 3.8) is 0 Å². The molecule has 0 amide bonds. The van der Waals surface area contributed by atoms with E-state index in [1.165, 1.54) is 6.26 Å². The minimum Gasteiger partial charge on any atom is -0.493 e. The number of hydrogen-bond donors (Lipinski definition) is 1. The molecule has 0 aromatic heterocycles. The summed E-state index contributed by atoms with van der Waals surface area (Å²) in [6, 6.07) is 3.42. The zero-order valence-electron chi connectivity index (χ0n) is 11.8. The molecule has 0 saturated heterocycles. The van der Waals surface area contributed by atoms with E-state index in [1.807, 2.05) is 19.1 Å². The molecule has 0 bridgehead atoms. The lowest BCUT2D eigenvalue weighted by Crippen LogP contribution is -2.28. The quantitative estimate of drug-likeness (QED) is 0.875. The molecule has 1 aliphatic rings. The van der Waals surface area contributed by atoms with Gasteiger partial charge < -0.3 is 10.1 Å². The summed E-state index contributed by atoms with van der Waals surface area (Å²) in [6.07, 6.45) is 3.01. The summed E-state index contributed by atoms with van der Waals surface area (Å²) < 4.78 is 29.0. The van der Waals surface area contributed by atoms with E-state index in [0.717, 1.165) is 36.3 Å². The second-order valence-electron chi connectivity index (χ2n) is 5.18. The molecule has 2 rings (SSSR count). The van der Waals surface area contributed by atoms with E-state index in [-0.39, 0.29) is 11.8 Å². The maximum atomic E-state index is 11.6. The maximum absolute atomic E-state index is 11.6. The van der Waals surface area contributed by atoms with E-state index in [4.69, 9.17) is 16.3 Å². The van der Waals surface area contributed by atoms with Crippen LogP contribution < -0.4 is 10.1 Å². The van der Waals surface area contributed by atoms with Crippen LogP contribution in [0.3, 0.4) is 0 Å². The van der Waals surface area contributed by atoms with Gasteiger partial charge in [0.05, 0.1) is 12.4 Å². The van der Waals surface area contributed by atoms with Gasteiger partial charge in [0.25, 0.3) is 0 Å². The maximum Gasteiger partial charge on any atom is 0.149 e. The zero-order valence-corrected chi connectivity index (χ0v) is 13.4. The van der Waals surface area contributed by atoms with Gasteiger partial charge in [0.15, 0.2) is 0 Å². The summed E-state index contributed by atoms with van der Waals surface area (Å²) in [4.78, 5) is 0. The van der Waals surface area contributed by atoms with Crippen molar-refractivity contribution >= 4 is 21.4 Å². The summed E-state index contributed by atoms with van der Waals surface area (Å²) in [5, 5.41) is 3.91. The number of nitrogens with one attached hydrogen (secondary N) is 1. The van der Waals surface area contributed by atoms with Crippen LogP contribution in [-0.2, 0) is 16.3 Å². The fourth-order valence-electron chi connectivity index (χ4n) is 2.44. The monoisotopic (exact) mass is 317 g/mol. The van der Waals surface area contributed by atoms with Crippen LogP contribution in [0.1, 0.15) is 30.5 Å². The van der Waals surface area contributed by atoms with Gasteiger partial charge in [-0.2, -0.15) is 0 Å². The molecule has 1 aromatic carbocycles.